The van der Waals surface area contributed by atoms with Crippen molar-refractivity contribution in [2.75, 3.05) is 19.6 Å². The number of benzene rings is 2. The largest absolute Gasteiger partial charge is 0.493 e. The molecule has 0 radical (unpaired) electrons. The average Bonchev–Trinajstić information content (AvgIpc) is 2.69. The number of hydrogen-bond donors (Lipinski definition) is 2. The molecule has 0 bridgehead atoms. The van der Waals surface area contributed by atoms with E-state index in [2.05, 4.69) is 10.9 Å². The molecule has 0 saturated carbocycles. The maximum Gasteiger partial charge on any atom is 0.416 e. The van der Waals surface area contributed by atoms with Gasteiger partial charge in [-0.2, -0.15) is 13.2 Å². The first-order chi connectivity index (χ1) is 13.7. The molecule has 0 aliphatic rings. The predicted octanol–water partition coefficient (Wildman–Crippen LogP) is 3.71. The fraction of sp³-hybridized carbons (Fsp3) is 0.278. The standard InChI is InChI=1S/C18H18F3N3O5/c1-28-15-7-3-11(9-16(15)29-2)4-8-17(25)23-22-13-6-5-12(18(19,20)21)10-14(13)24(26)27/h3,5-7,9-10,22H,4,8H2,1-2H3,(H,23,25). The van der Waals surface area contributed by atoms with Crippen LogP contribution in [0.3, 0.4) is 0 Å². The zero-order valence-corrected chi connectivity index (χ0v) is 15.5. The number of anilines is 1. The normalized spacial score (nSPS) is 10.9. The number of hydrazine groups is 1. The Morgan fingerprint density at radius 2 is 1.79 bits per heavy atom. The van der Waals surface area contributed by atoms with Gasteiger partial charge in [0.1, 0.15) is 5.69 Å². The van der Waals surface area contributed by atoms with Gasteiger partial charge in [0.2, 0.25) is 5.91 Å². The number of halogens is 3. The molecule has 0 aliphatic carbocycles. The van der Waals surface area contributed by atoms with E-state index in [1.54, 1.807) is 18.2 Å². The van der Waals surface area contributed by atoms with Crippen molar-refractivity contribution >= 4 is 17.3 Å². The third kappa shape index (κ3) is 5.74. The van der Waals surface area contributed by atoms with Crippen molar-refractivity contribution in [1.82, 2.24) is 5.43 Å². The number of carbonyl (C=O) groups is 1. The fourth-order valence-electron chi connectivity index (χ4n) is 2.46. The van der Waals surface area contributed by atoms with Crippen LogP contribution in [0.15, 0.2) is 36.4 Å². The molecule has 1 amide bonds. The Morgan fingerprint density at radius 3 is 2.38 bits per heavy atom. The Hall–Kier alpha value is -3.50. The lowest BCUT2D eigenvalue weighted by molar-refractivity contribution is -0.384. The Labute approximate surface area is 163 Å². The second kappa shape index (κ2) is 9.13. The monoisotopic (exact) mass is 413 g/mol. The first kappa shape index (κ1) is 21.8. The number of methoxy groups -OCH3 is 2. The number of carbonyl (C=O) groups excluding carboxylic acids is 1. The molecule has 2 aromatic rings. The molecule has 156 valence electrons. The Bertz CT molecular complexity index is 903. The van der Waals surface area contributed by atoms with Crippen LogP contribution in [0.25, 0.3) is 0 Å². The van der Waals surface area contributed by atoms with E-state index in [1.165, 1.54) is 14.2 Å². The summed E-state index contributed by atoms with van der Waals surface area (Å²) >= 11 is 0. The van der Waals surface area contributed by atoms with Crippen molar-refractivity contribution in [3.63, 3.8) is 0 Å². The SMILES string of the molecule is COc1ccc(CCC(=O)NNc2ccc(C(F)(F)F)cc2[N+](=O)[O-])cc1OC. The molecule has 0 aliphatic heterocycles. The number of alkyl halides is 3. The molecule has 0 aromatic heterocycles. The van der Waals surface area contributed by atoms with Gasteiger partial charge in [-0.25, -0.2) is 0 Å². The van der Waals surface area contributed by atoms with E-state index < -0.39 is 28.3 Å². The summed E-state index contributed by atoms with van der Waals surface area (Å²) in [7, 11) is 2.98. The highest BCUT2D eigenvalue weighted by Gasteiger charge is 2.33. The summed E-state index contributed by atoms with van der Waals surface area (Å²) in [4.78, 5) is 22.1. The maximum absolute atomic E-state index is 12.7. The van der Waals surface area contributed by atoms with Crippen LogP contribution in [0, 0.1) is 10.1 Å². The van der Waals surface area contributed by atoms with Crippen molar-refractivity contribution in [2.45, 2.75) is 19.0 Å². The van der Waals surface area contributed by atoms with E-state index >= 15 is 0 Å². The maximum atomic E-state index is 12.7. The van der Waals surface area contributed by atoms with E-state index in [9.17, 15) is 28.1 Å². The van der Waals surface area contributed by atoms with Crippen LogP contribution in [0.4, 0.5) is 24.5 Å². The molecule has 2 aromatic carbocycles. The van der Waals surface area contributed by atoms with Gasteiger partial charge < -0.3 is 9.47 Å². The van der Waals surface area contributed by atoms with Crippen molar-refractivity contribution in [2.24, 2.45) is 0 Å². The number of nitro groups is 1. The van der Waals surface area contributed by atoms with E-state index in [1.807, 2.05) is 0 Å². The molecule has 0 saturated heterocycles. The number of aryl methyl sites for hydroxylation is 1. The Kier molecular flexibility index (Phi) is 6.86. The molecule has 11 heteroatoms. The molecular formula is C18H18F3N3O5. The molecule has 0 heterocycles. The van der Waals surface area contributed by atoms with E-state index in [-0.39, 0.29) is 12.1 Å². The highest BCUT2D eigenvalue weighted by Crippen LogP contribution is 2.34. The first-order valence-corrected chi connectivity index (χ1v) is 8.27. The van der Waals surface area contributed by atoms with Gasteiger partial charge >= 0.3 is 6.18 Å². The average molecular weight is 413 g/mol. The summed E-state index contributed by atoms with van der Waals surface area (Å²) in [5.41, 5.74) is 3.11. The van der Waals surface area contributed by atoms with Gasteiger partial charge in [-0.3, -0.25) is 25.8 Å². The number of nitrogens with zero attached hydrogens (tertiary/aromatic N) is 1. The van der Waals surface area contributed by atoms with Crippen LogP contribution >= 0.6 is 0 Å². The number of ether oxygens (including phenoxy) is 2. The van der Waals surface area contributed by atoms with Gasteiger partial charge in [0.25, 0.3) is 5.69 Å². The fourth-order valence-corrected chi connectivity index (χ4v) is 2.46. The highest BCUT2D eigenvalue weighted by atomic mass is 19.4. The van der Waals surface area contributed by atoms with Crippen LogP contribution in [0.1, 0.15) is 17.5 Å². The lowest BCUT2D eigenvalue weighted by Crippen LogP contribution is -2.30. The van der Waals surface area contributed by atoms with Gasteiger partial charge in [-0.05, 0) is 36.2 Å². The van der Waals surface area contributed by atoms with Gasteiger partial charge in [0.15, 0.2) is 11.5 Å². The van der Waals surface area contributed by atoms with Gasteiger partial charge in [-0.15, -0.1) is 0 Å². The number of nitro benzene ring substituents is 1. The molecule has 0 unspecified atom stereocenters. The number of rotatable bonds is 8. The van der Waals surface area contributed by atoms with Crippen molar-refractivity contribution in [3.8, 4) is 11.5 Å². The van der Waals surface area contributed by atoms with Crippen LogP contribution < -0.4 is 20.3 Å². The molecule has 29 heavy (non-hydrogen) atoms. The lowest BCUT2D eigenvalue weighted by atomic mass is 10.1. The van der Waals surface area contributed by atoms with E-state index in [4.69, 9.17) is 9.47 Å². The summed E-state index contributed by atoms with van der Waals surface area (Å²) in [5, 5.41) is 11.0. The summed E-state index contributed by atoms with van der Waals surface area (Å²) in [5.74, 6) is 0.537. The quantitative estimate of drug-likeness (QED) is 0.505. The minimum atomic E-state index is -4.72. The number of hydrogen-bond acceptors (Lipinski definition) is 6. The van der Waals surface area contributed by atoms with E-state index in [0.717, 1.165) is 11.6 Å². The highest BCUT2D eigenvalue weighted by molar-refractivity contribution is 5.78. The molecule has 0 atom stereocenters. The van der Waals surface area contributed by atoms with Crippen molar-refractivity contribution in [1.29, 1.82) is 0 Å². The molecule has 8 nitrogen and oxygen atoms in total. The third-order valence-electron chi connectivity index (χ3n) is 3.95. The summed E-state index contributed by atoms with van der Waals surface area (Å²) in [6.45, 7) is 0. The minimum Gasteiger partial charge on any atom is -0.493 e. The smallest absolute Gasteiger partial charge is 0.416 e. The Balaban J connectivity index is 2.00. The summed E-state index contributed by atoms with van der Waals surface area (Å²) < 4.78 is 48.4. The third-order valence-corrected chi connectivity index (χ3v) is 3.95. The first-order valence-electron chi connectivity index (χ1n) is 8.27. The Morgan fingerprint density at radius 1 is 1.10 bits per heavy atom. The second-order valence-electron chi connectivity index (χ2n) is 5.85. The minimum absolute atomic E-state index is 0.0247. The van der Waals surface area contributed by atoms with Crippen LogP contribution in [-0.4, -0.2) is 25.1 Å². The van der Waals surface area contributed by atoms with Gasteiger partial charge in [-0.1, -0.05) is 6.07 Å². The molecule has 2 rings (SSSR count). The van der Waals surface area contributed by atoms with Crippen molar-refractivity contribution in [3.05, 3.63) is 57.6 Å². The zero-order valence-electron chi connectivity index (χ0n) is 15.5. The number of nitrogens with one attached hydrogen (secondary N) is 2. The predicted molar refractivity (Wildman–Crippen MR) is 97.7 cm³/mol. The lowest BCUT2D eigenvalue weighted by Gasteiger charge is -2.12. The van der Waals surface area contributed by atoms with Crippen LogP contribution in [-0.2, 0) is 17.4 Å². The van der Waals surface area contributed by atoms with E-state index in [0.29, 0.717) is 30.1 Å². The molecule has 0 spiro atoms. The van der Waals surface area contributed by atoms with Crippen LogP contribution in [0.5, 0.6) is 11.5 Å². The second-order valence-corrected chi connectivity index (χ2v) is 5.85. The van der Waals surface area contributed by atoms with Gasteiger partial charge in [0.05, 0.1) is 24.7 Å². The summed E-state index contributed by atoms with van der Waals surface area (Å²) in [6.07, 6.45) is -4.36. The number of amides is 1. The molecule has 2 N–H and O–H groups in total. The molecular weight excluding hydrogens is 395 g/mol. The molecule has 0 fully saturated rings. The topological polar surface area (TPSA) is 103 Å². The summed E-state index contributed by atoms with van der Waals surface area (Å²) in [6, 6.07) is 7.12. The zero-order chi connectivity index (χ0) is 21.6. The van der Waals surface area contributed by atoms with Crippen LogP contribution in [0.2, 0.25) is 0 Å². The van der Waals surface area contributed by atoms with Crippen molar-refractivity contribution < 1.29 is 32.4 Å². The van der Waals surface area contributed by atoms with Gasteiger partial charge in [0, 0.05) is 12.5 Å².